The summed E-state index contributed by atoms with van der Waals surface area (Å²) in [5.74, 6) is 2.72. The molecule has 8 nitrogen and oxygen atoms in total. The number of piperidine rings is 1. The highest BCUT2D eigenvalue weighted by Gasteiger charge is 2.22. The number of rotatable bonds is 7. The van der Waals surface area contributed by atoms with E-state index < -0.39 is 0 Å². The van der Waals surface area contributed by atoms with Gasteiger partial charge in [-0.05, 0) is 55.2 Å². The molecule has 4 rings (SSSR count). The number of aromatic nitrogens is 3. The van der Waals surface area contributed by atoms with Gasteiger partial charge in [0.05, 0.1) is 19.9 Å². The maximum atomic E-state index is 12.9. The molecule has 0 aliphatic carbocycles. The summed E-state index contributed by atoms with van der Waals surface area (Å²) in [6.45, 7) is 2.55. The summed E-state index contributed by atoms with van der Waals surface area (Å²) in [7, 11) is 5.00. The van der Waals surface area contributed by atoms with E-state index in [4.69, 9.17) is 9.47 Å². The van der Waals surface area contributed by atoms with E-state index in [0.717, 1.165) is 37.3 Å². The molecule has 0 bridgehead atoms. The van der Waals surface area contributed by atoms with Gasteiger partial charge in [0.15, 0.2) is 0 Å². The molecule has 1 amide bonds. The van der Waals surface area contributed by atoms with Crippen molar-refractivity contribution >= 4 is 11.7 Å². The second-order valence-corrected chi connectivity index (χ2v) is 7.93. The number of anilines is 1. The average molecular weight is 436 g/mol. The minimum absolute atomic E-state index is 0.125. The fourth-order valence-electron chi connectivity index (χ4n) is 4.06. The molecule has 0 atom stereocenters. The number of amides is 1. The van der Waals surface area contributed by atoms with Gasteiger partial charge in [-0.3, -0.25) is 9.48 Å². The lowest BCUT2D eigenvalue weighted by Gasteiger charge is -2.32. The summed E-state index contributed by atoms with van der Waals surface area (Å²) in [6, 6.07) is 13.3. The van der Waals surface area contributed by atoms with E-state index in [1.807, 2.05) is 42.6 Å². The fraction of sp³-hybridized carbons (Fsp3) is 0.375. The van der Waals surface area contributed by atoms with E-state index >= 15 is 0 Å². The number of benzene rings is 1. The van der Waals surface area contributed by atoms with Crippen LogP contribution in [0.4, 0.5) is 5.82 Å². The van der Waals surface area contributed by atoms with Gasteiger partial charge in [-0.2, -0.15) is 5.10 Å². The molecule has 32 heavy (non-hydrogen) atoms. The van der Waals surface area contributed by atoms with Crippen LogP contribution in [0.5, 0.6) is 11.5 Å². The first kappa shape index (κ1) is 21.7. The average Bonchev–Trinajstić information content (AvgIpc) is 3.24. The van der Waals surface area contributed by atoms with Crippen molar-refractivity contribution < 1.29 is 14.3 Å². The van der Waals surface area contributed by atoms with Gasteiger partial charge in [0.25, 0.3) is 5.91 Å². The number of carbonyl (C=O) groups excluding carboxylic acids is 1. The van der Waals surface area contributed by atoms with Crippen molar-refractivity contribution in [3.05, 3.63) is 54.4 Å². The van der Waals surface area contributed by atoms with E-state index in [-0.39, 0.29) is 5.91 Å². The van der Waals surface area contributed by atoms with Crippen molar-refractivity contribution in [2.24, 2.45) is 13.0 Å². The Bertz CT molecular complexity index is 1060. The first-order valence-electron chi connectivity index (χ1n) is 10.8. The summed E-state index contributed by atoms with van der Waals surface area (Å²) in [4.78, 5) is 19.6. The molecule has 0 unspecified atom stereocenters. The van der Waals surface area contributed by atoms with Gasteiger partial charge < -0.3 is 19.7 Å². The SMILES string of the molecule is COc1ccc(OC)c(-c2cc(C(=O)NCC3CCN(c4ccccn4)CC3)n(C)n2)c1. The zero-order valence-corrected chi connectivity index (χ0v) is 18.7. The molecule has 1 saturated heterocycles. The van der Waals surface area contributed by atoms with E-state index in [0.29, 0.717) is 35.3 Å². The van der Waals surface area contributed by atoms with Crippen LogP contribution in [0.3, 0.4) is 0 Å². The molecule has 0 saturated carbocycles. The highest BCUT2D eigenvalue weighted by Crippen LogP contribution is 2.33. The molecule has 1 fully saturated rings. The number of hydrogen-bond acceptors (Lipinski definition) is 6. The molecule has 3 aromatic rings. The number of carbonyl (C=O) groups is 1. The van der Waals surface area contributed by atoms with Crippen LogP contribution in [-0.4, -0.2) is 54.5 Å². The fourth-order valence-corrected chi connectivity index (χ4v) is 4.06. The van der Waals surface area contributed by atoms with Crippen molar-refractivity contribution in [2.45, 2.75) is 12.8 Å². The molecule has 8 heteroatoms. The van der Waals surface area contributed by atoms with Gasteiger partial charge in [0.1, 0.15) is 23.0 Å². The Hall–Kier alpha value is -3.55. The maximum Gasteiger partial charge on any atom is 0.269 e. The Morgan fingerprint density at radius 1 is 1.12 bits per heavy atom. The summed E-state index contributed by atoms with van der Waals surface area (Å²) in [6.07, 6.45) is 3.87. The van der Waals surface area contributed by atoms with Gasteiger partial charge in [-0.25, -0.2) is 4.98 Å². The lowest BCUT2D eigenvalue weighted by Crippen LogP contribution is -2.39. The van der Waals surface area contributed by atoms with E-state index in [2.05, 4.69) is 20.3 Å². The van der Waals surface area contributed by atoms with Crippen LogP contribution in [0.25, 0.3) is 11.3 Å². The molecular weight excluding hydrogens is 406 g/mol. The zero-order valence-electron chi connectivity index (χ0n) is 18.7. The summed E-state index contributed by atoms with van der Waals surface area (Å²) in [5.41, 5.74) is 1.95. The standard InChI is InChI=1S/C24H29N5O3/c1-28-21(15-20(27-28)19-14-18(31-2)7-8-22(19)32-3)24(30)26-16-17-9-12-29(13-10-17)23-6-4-5-11-25-23/h4-8,11,14-15,17H,9-10,12-13,16H2,1-3H3,(H,26,30). The largest absolute Gasteiger partial charge is 0.497 e. The topological polar surface area (TPSA) is 81.5 Å². The van der Waals surface area contributed by atoms with Gasteiger partial charge in [-0.1, -0.05) is 6.07 Å². The third-order valence-corrected chi connectivity index (χ3v) is 5.93. The lowest BCUT2D eigenvalue weighted by molar-refractivity contribution is 0.0935. The number of aryl methyl sites for hydroxylation is 1. The van der Waals surface area contributed by atoms with Crippen molar-refractivity contribution in [2.75, 3.05) is 38.8 Å². The number of hydrogen-bond donors (Lipinski definition) is 1. The Morgan fingerprint density at radius 2 is 1.94 bits per heavy atom. The smallest absolute Gasteiger partial charge is 0.269 e. The first-order valence-corrected chi connectivity index (χ1v) is 10.8. The minimum Gasteiger partial charge on any atom is -0.497 e. The van der Waals surface area contributed by atoms with E-state index in [1.165, 1.54) is 0 Å². The number of methoxy groups -OCH3 is 2. The Kier molecular flexibility index (Phi) is 6.58. The summed E-state index contributed by atoms with van der Waals surface area (Å²) < 4.78 is 12.4. The Morgan fingerprint density at radius 3 is 2.62 bits per heavy atom. The second-order valence-electron chi connectivity index (χ2n) is 7.93. The van der Waals surface area contributed by atoms with Gasteiger partial charge in [-0.15, -0.1) is 0 Å². The van der Waals surface area contributed by atoms with Crippen LogP contribution in [0.15, 0.2) is 48.7 Å². The Labute approximate surface area is 188 Å². The quantitative estimate of drug-likeness (QED) is 0.614. The van der Waals surface area contributed by atoms with Crippen LogP contribution in [0.1, 0.15) is 23.3 Å². The van der Waals surface area contributed by atoms with Gasteiger partial charge in [0.2, 0.25) is 0 Å². The zero-order chi connectivity index (χ0) is 22.5. The van der Waals surface area contributed by atoms with Crippen LogP contribution in [0, 0.1) is 5.92 Å². The predicted molar refractivity (Wildman–Crippen MR) is 123 cm³/mol. The number of pyridine rings is 1. The van der Waals surface area contributed by atoms with E-state index in [9.17, 15) is 4.79 Å². The molecule has 0 radical (unpaired) electrons. The molecule has 1 aliphatic heterocycles. The highest BCUT2D eigenvalue weighted by molar-refractivity contribution is 5.94. The number of nitrogens with one attached hydrogen (secondary N) is 1. The third-order valence-electron chi connectivity index (χ3n) is 5.93. The van der Waals surface area contributed by atoms with Crippen molar-refractivity contribution in [3.63, 3.8) is 0 Å². The summed E-state index contributed by atoms with van der Waals surface area (Å²) in [5, 5.41) is 7.62. The molecule has 0 spiro atoms. The molecule has 1 aliphatic rings. The first-order chi connectivity index (χ1) is 15.6. The lowest BCUT2D eigenvalue weighted by atomic mass is 9.96. The molecular formula is C24H29N5O3. The molecule has 1 aromatic carbocycles. The van der Waals surface area contributed by atoms with Crippen molar-refractivity contribution in [1.82, 2.24) is 20.1 Å². The minimum atomic E-state index is -0.125. The predicted octanol–water partition coefficient (Wildman–Crippen LogP) is 3.15. The van der Waals surface area contributed by atoms with E-state index in [1.54, 1.807) is 32.0 Å². The van der Waals surface area contributed by atoms with Crippen molar-refractivity contribution in [3.8, 4) is 22.8 Å². The van der Waals surface area contributed by atoms with Crippen LogP contribution < -0.4 is 19.7 Å². The monoisotopic (exact) mass is 435 g/mol. The van der Waals surface area contributed by atoms with Crippen LogP contribution >= 0.6 is 0 Å². The Balaban J connectivity index is 1.37. The molecule has 1 N–H and O–H groups in total. The number of nitrogens with zero attached hydrogens (tertiary/aromatic N) is 4. The highest BCUT2D eigenvalue weighted by atomic mass is 16.5. The van der Waals surface area contributed by atoms with Crippen LogP contribution in [-0.2, 0) is 7.05 Å². The molecule has 2 aromatic heterocycles. The van der Waals surface area contributed by atoms with Crippen LogP contribution in [0.2, 0.25) is 0 Å². The normalized spacial score (nSPS) is 14.3. The number of ether oxygens (including phenoxy) is 2. The maximum absolute atomic E-state index is 12.9. The molecule has 3 heterocycles. The second kappa shape index (κ2) is 9.72. The summed E-state index contributed by atoms with van der Waals surface area (Å²) >= 11 is 0. The molecule has 168 valence electrons. The van der Waals surface area contributed by atoms with Gasteiger partial charge in [0, 0.05) is 38.4 Å². The third kappa shape index (κ3) is 4.69. The van der Waals surface area contributed by atoms with Gasteiger partial charge >= 0.3 is 0 Å². The van der Waals surface area contributed by atoms with Crippen molar-refractivity contribution in [1.29, 1.82) is 0 Å².